The lowest BCUT2D eigenvalue weighted by Gasteiger charge is -2.40. The second kappa shape index (κ2) is 6.09. The van der Waals surface area contributed by atoms with Crippen LogP contribution in [0.25, 0.3) is 0 Å². The molecule has 0 aromatic heterocycles. The molecule has 1 aliphatic carbocycles. The number of likely N-dealkylation sites (tertiary alicyclic amines) is 1. The number of piperidine rings is 1. The largest absolute Gasteiger partial charge is 0.393 e. The maximum absolute atomic E-state index is 13.9. The lowest BCUT2D eigenvalue weighted by atomic mass is 9.75. The fourth-order valence-corrected chi connectivity index (χ4v) is 3.83. The molecule has 2 nitrogen and oxygen atoms in total. The Balaban J connectivity index is 1.76. The normalized spacial score (nSPS) is 38.4. The number of nitrogens with zero attached hydrogens (tertiary/aromatic N) is 1. The molecular formula is C16H30FNO. The van der Waals surface area contributed by atoms with E-state index in [1.807, 2.05) is 0 Å². The Morgan fingerprint density at radius 3 is 2.32 bits per heavy atom. The van der Waals surface area contributed by atoms with E-state index in [0.29, 0.717) is 6.04 Å². The van der Waals surface area contributed by atoms with Gasteiger partial charge in [0.15, 0.2) is 0 Å². The van der Waals surface area contributed by atoms with Crippen LogP contribution >= 0.6 is 0 Å². The van der Waals surface area contributed by atoms with Gasteiger partial charge in [-0.25, -0.2) is 4.39 Å². The Bertz CT molecular complexity index is 281. The summed E-state index contributed by atoms with van der Waals surface area (Å²) in [4.78, 5) is 2.53. The van der Waals surface area contributed by atoms with E-state index in [1.54, 1.807) is 13.8 Å². The highest BCUT2D eigenvalue weighted by Gasteiger charge is 2.34. The van der Waals surface area contributed by atoms with Crippen LogP contribution in [-0.2, 0) is 0 Å². The Kier molecular flexibility index (Phi) is 4.88. The van der Waals surface area contributed by atoms with Crippen LogP contribution < -0.4 is 0 Å². The van der Waals surface area contributed by atoms with Gasteiger partial charge >= 0.3 is 0 Å². The van der Waals surface area contributed by atoms with Crippen molar-refractivity contribution in [3.8, 4) is 0 Å². The van der Waals surface area contributed by atoms with E-state index in [9.17, 15) is 9.50 Å². The molecule has 19 heavy (non-hydrogen) atoms. The summed E-state index contributed by atoms with van der Waals surface area (Å²) < 4.78 is 13.9. The number of rotatable bonds is 3. The van der Waals surface area contributed by atoms with Crippen molar-refractivity contribution >= 4 is 0 Å². The maximum atomic E-state index is 13.9. The van der Waals surface area contributed by atoms with E-state index in [1.165, 1.54) is 12.8 Å². The van der Waals surface area contributed by atoms with Gasteiger partial charge in [-0.05, 0) is 71.1 Å². The van der Waals surface area contributed by atoms with Crippen LogP contribution in [0, 0.1) is 11.8 Å². The Morgan fingerprint density at radius 1 is 1.16 bits per heavy atom. The molecule has 112 valence electrons. The molecule has 2 fully saturated rings. The Labute approximate surface area is 117 Å². The van der Waals surface area contributed by atoms with Gasteiger partial charge in [-0.1, -0.05) is 0 Å². The average Bonchev–Trinajstić information content (AvgIpc) is 2.32. The molecule has 0 radical (unpaired) electrons. The van der Waals surface area contributed by atoms with Crippen molar-refractivity contribution in [3.05, 3.63) is 0 Å². The molecule has 0 aromatic rings. The number of halogens is 1. The van der Waals surface area contributed by atoms with Gasteiger partial charge in [-0.15, -0.1) is 0 Å². The summed E-state index contributed by atoms with van der Waals surface area (Å²) in [6.07, 6.45) is 6.14. The lowest BCUT2D eigenvalue weighted by Crippen LogP contribution is -2.45. The zero-order chi connectivity index (χ0) is 14.0. The first-order valence-electron chi connectivity index (χ1n) is 7.97. The highest BCUT2D eigenvalue weighted by molar-refractivity contribution is 4.86. The molecule has 2 rings (SSSR count). The highest BCUT2D eigenvalue weighted by atomic mass is 19.1. The molecule has 1 saturated carbocycles. The van der Waals surface area contributed by atoms with Gasteiger partial charge in [0.05, 0.1) is 6.10 Å². The molecule has 2 aliphatic rings. The standard InChI is InChI=1S/C16H30FNO/c1-12-10-15(19)8-9-18(12)11-13-4-6-14(7-5-13)16(2,3)17/h12-15,19H,4-11H2,1-3H3. The van der Waals surface area contributed by atoms with Crippen molar-refractivity contribution in [1.82, 2.24) is 4.90 Å². The van der Waals surface area contributed by atoms with Gasteiger partial charge in [0.25, 0.3) is 0 Å². The van der Waals surface area contributed by atoms with E-state index in [0.717, 1.165) is 44.7 Å². The second-order valence-corrected chi connectivity index (χ2v) is 7.30. The zero-order valence-electron chi connectivity index (χ0n) is 12.7. The van der Waals surface area contributed by atoms with Crippen molar-refractivity contribution in [2.24, 2.45) is 11.8 Å². The molecule has 0 aromatic carbocycles. The van der Waals surface area contributed by atoms with E-state index < -0.39 is 5.67 Å². The summed E-state index contributed by atoms with van der Waals surface area (Å²) in [6.45, 7) is 7.85. The molecule has 0 bridgehead atoms. The summed E-state index contributed by atoms with van der Waals surface area (Å²) in [5, 5.41) is 9.66. The Hall–Kier alpha value is -0.150. The van der Waals surface area contributed by atoms with Gasteiger partial charge in [0, 0.05) is 19.1 Å². The van der Waals surface area contributed by atoms with E-state index in [2.05, 4.69) is 11.8 Å². The third kappa shape index (κ3) is 4.16. The van der Waals surface area contributed by atoms with E-state index in [4.69, 9.17) is 0 Å². The number of hydrogen-bond acceptors (Lipinski definition) is 2. The minimum atomic E-state index is -1.01. The van der Waals surface area contributed by atoms with Crippen molar-refractivity contribution < 1.29 is 9.50 Å². The van der Waals surface area contributed by atoms with Crippen molar-refractivity contribution in [2.45, 2.75) is 77.1 Å². The van der Waals surface area contributed by atoms with Crippen LogP contribution in [0.5, 0.6) is 0 Å². The van der Waals surface area contributed by atoms with Crippen LogP contribution in [0.2, 0.25) is 0 Å². The summed E-state index contributed by atoms with van der Waals surface area (Å²) in [6, 6.07) is 0.499. The SMILES string of the molecule is CC1CC(O)CCN1CC1CCC(C(C)(C)F)CC1. The van der Waals surface area contributed by atoms with Crippen molar-refractivity contribution in [3.63, 3.8) is 0 Å². The van der Waals surface area contributed by atoms with Crippen molar-refractivity contribution in [2.75, 3.05) is 13.1 Å². The summed E-state index contributed by atoms with van der Waals surface area (Å²) >= 11 is 0. The monoisotopic (exact) mass is 271 g/mol. The van der Waals surface area contributed by atoms with Crippen LogP contribution in [0.3, 0.4) is 0 Å². The van der Waals surface area contributed by atoms with E-state index >= 15 is 0 Å². The van der Waals surface area contributed by atoms with Crippen LogP contribution in [0.4, 0.5) is 4.39 Å². The summed E-state index contributed by atoms with van der Waals surface area (Å²) in [5.74, 6) is 0.987. The third-order valence-electron chi connectivity index (χ3n) is 5.30. The average molecular weight is 271 g/mol. The van der Waals surface area contributed by atoms with Gasteiger partial charge in [-0.2, -0.15) is 0 Å². The molecule has 1 aliphatic heterocycles. The zero-order valence-corrected chi connectivity index (χ0v) is 12.7. The fraction of sp³-hybridized carbons (Fsp3) is 1.00. The first kappa shape index (κ1) is 15.2. The smallest absolute Gasteiger partial charge is 0.108 e. The number of aliphatic hydroxyl groups excluding tert-OH is 1. The van der Waals surface area contributed by atoms with Crippen LogP contribution in [0.15, 0.2) is 0 Å². The third-order valence-corrected chi connectivity index (χ3v) is 5.30. The molecule has 0 amide bonds. The highest BCUT2D eigenvalue weighted by Crippen LogP contribution is 2.38. The molecular weight excluding hydrogens is 241 g/mol. The number of alkyl halides is 1. The lowest BCUT2D eigenvalue weighted by molar-refractivity contribution is 0.0260. The van der Waals surface area contributed by atoms with Crippen LogP contribution in [0.1, 0.15) is 59.3 Å². The molecule has 1 heterocycles. The number of aliphatic hydroxyl groups is 1. The van der Waals surface area contributed by atoms with E-state index in [-0.39, 0.29) is 12.0 Å². The molecule has 0 spiro atoms. The maximum Gasteiger partial charge on any atom is 0.108 e. The minimum absolute atomic E-state index is 0.102. The quantitative estimate of drug-likeness (QED) is 0.850. The predicted molar refractivity (Wildman–Crippen MR) is 76.9 cm³/mol. The fourth-order valence-electron chi connectivity index (χ4n) is 3.83. The summed E-state index contributed by atoms with van der Waals surface area (Å²) in [5.41, 5.74) is -1.01. The topological polar surface area (TPSA) is 23.5 Å². The molecule has 2 atom stereocenters. The van der Waals surface area contributed by atoms with Gasteiger partial charge in [0.1, 0.15) is 5.67 Å². The first-order chi connectivity index (χ1) is 8.86. The summed E-state index contributed by atoms with van der Waals surface area (Å²) in [7, 11) is 0. The van der Waals surface area contributed by atoms with Gasteiger partial charge in [-0.3, -0.25) is 0 Å². The second-order valence-electron chi connectivity index (χ2n) is 7.30. The molecule has 3 heteroatoms. The predicted octanol–water partition coefficient (Wildman–Crippen LogP) is 3.39. The minimum Gasteiger partial charge on any atom is -0.393 e. The van der Waals surface area contributed by atoms with Gasteiger partial charge in [0.2, 0.25) is 0 Å². The first-order valence-corrected chi connectivity index (χ1v) is 7.97. The molecule has 2 unspecified atom stereocenters. The Morgan fingerprint density at radius 2 is 1.79 bits per heavy atom. The van der Waals surface area contributed by atoms with Gasteiger partial charge < -0.3 is 10.0 Å². The van der Waals surface area contributed by atoms with Crippen LogP contribution in [-0.4, -0.2) is 40.9 Å². The van der Waals surface area contributed by atoms with Crippen molar-refractivity contribution in [1.29, 1.82) is 0 Å². The molecule has 1 N–H and O–H groups in total. The molecule has 1 saturated heterocycles. The number of hydrogen-bond donors (Lipinski definition) is 1.